The van der Waals surface area contributed by atoms with Crippen LogP contribution in [0.1, 0.15) is 30.1 Å². The Balaban J connectivity index is 0.00000180. The molecule has 1 aromatic carbocycles. The van der Waals surface area contributed by atoms with E-state index in [9.17, 15) is 4.79 Å². The van der Waals surface area contributed by atoms with Crippen molar-refractivity contribution in [3.8, 4) is 0 Å². The summed E-state index contributed by atoms with van der Waals surface area (Å²) in [7, 11) is 0. The fraction of sp³-hybridized carbons (Fsp3) is 0.500. The molecular weight excluding hydrogens is 283 g/mol. The Hall–Kier alpha value is -0.770. The second kappa shape index (κ2) is 7.13. The van der Waals surface area contributed by atoms with Crippen LogP contribution >= 0.6 is 24.0 Å². The summed E-state index contributed by atoms with van der Waals surface area (Å²) in [4.78, 5) is 14.3. The summed E-state index contributed by atoms with van der Waals surface area (Å²) in [6, 6.07) is 7.33. The van der Waals surface area contributed by atoms with Crippen molar-refractivity contribution in [3.05, 3.63) is 34.9 Å². The van der Waals surface area contributed by atoms with E-state index in [0.717, 1.165) is 25.9 Å². The van der Waals surface area contributed by atoms with E-state index in [1.165, 1.54) is 0 Å². The Morgan fingerprint density at radius 3 is 2.79 bits per heavy atom. The quantitative estimate of drug-likeness (QED) is 0.913. The first kappa shape index (κ1) is 16.3. The van der Waals surface area contributed by atoms with Gasteiger partial charge >= 0.3 is 0 Å². The second-order valence-corrected chi connectivity index (χ2v) is 5.40. The molecule has 19 heavy (non-hydrogen) atoms. The molecule has 1 fully saturated rings. The van der Waals surface area contributed by atoms with Gasteiger partial charge in [0.2, 0.25) is 0 Å². The van der Waals surface area contributed by atoms with Crippen LogP contribution in [0, 0.1) is 5.92 Å². The maximum atomic E-state index is 12.4. The fourth-order valence-electron chi connectivity index (χ4n) is 2.43. The Morgan fingerprint density at radius 2 is 2.16 bits per heavy atom. The van der Waals surface area contributed by atoms with Crippen molar-refractivity contribution in [1.82, 2.24) is 4.90 Å². The van der Waals surface area contributed by atoms with Crippen molar-refractivity contribution in [1.29, 1.82) is 0 Å². The van der Waals surface area contributed by atoms with Crippen molar-refractivity contribution in [2.75, 3.05) is 13.1 Å². The molecule has 2 unspecified atom stereocenters. The minimum absolute atomic E-state index is 0. The molecule has 0 saturated carbocycles. The highest BCUT2D eigenvalue weighted by molar-refractivity contribution is 6.33. The topological polar surface area (TPSA) is 46.3 Å². The molecular formula is C14H20Cl2N2O. The van der Waals surface area contributed by atoms with E-state index in [1.807, 2.05) is 24.0 Å². The van der Waals surface area contributed by atoms with Crippen LogP contribution in [0.4, 0.5) is 0 Å². The average molecular weight is 303 g/mol. The predicted octanol–water partition coefficient (Wildman–Crippen LogP) is 2.96. The molecule has 1 saturated heterocycles. The predicted molar refractivity (Wildman–Crippen MR) is 81.0 cm³/mol. The van der Waals surface area contributed by atoms with Gasteiger partial charge in [0.1, 0.15) is 0 Å². The summed E-state index contributed by atoms with van der Waals surface area (Å²) in [5, 5.41) is 0.519. The number of nitrogens with zero attached hydrogens (tertiary/aromatic N) is 1. The lowest BCUT2D eigenvalue weighted by molar-refractivity contribution is 0.0661. The number of halogens is 2. The summed E-state index contributed by atoms with van der Waals surface area (Å²) in [5.41, 5.74) is 6.52. The van der Waals surface area contributed by atoms with Gasteiger partial charge in [-0.1, -0.05) is 23.7 Å². The minimum atomic E-state index is 0. The highest BCUT2D eigenvalue weighted by Crippen LogP contribution is 2.23. The number of nitrogens with two attached hydrogens (primary N) is 1. The number of carbonyl (C=O) groups excluding carboxylic acids is 1. The molecule has 1 heterocycles. The number of amides is 1. The third kappa shape index (κ3) is 3.85. The molecule has 0 aromatic heterocycles. The Kier molecular flexibility index (Phi) is 6.11. The normalized spacial score (nSPS) is 20.6. The third-order valence-electron chi connectivity index (χ3n) is 3.59. The number of carbonyl (C=O) groups is 1. The van der Waals surface area contributed by atoms with Crippen molar-refractivity contribution in [2.24, 2.45) is 11.7 Å². The van der Waals surface area contributed by atoms with Gasteiger partial charge in [-0.05, 0) is 37.8 Å². The molecule has 2 rings (SSSR count). The van der Waals surface area contributed by atoms with Gasteiger partial charge in [0.05, 0.1) is 10.6 Å². The number of hydrogen-bond donors (Lipinski definition) is 1. The molecule has 2 atom stereocenters. The van der Waals surface area contributed by atoms with Gasteiger partial charge in [0, 0.05) is 19.1 Å². The molecule has 1 aliphatic rings. The Labute approximate surface area is 125 Å². The Morgan fingerprint density at radius 1 is 1.47 bits per heavy atom. The van der Waals surface area contributed by atoms with Crippen molar-refractivity contribution < 1.29 is 4.79 Å². The van der Waals surface area contributed by atoms with E-state index < -0.39 is 0 Å². The molecule has 0 aliphatic carbocycles. The van der Waals surface area contributed by atoms with E-state index in [-0.39, 0.29) is 24.4 Å². The zero-order valence-corrected chi connectivity index (χ0v) is 12.6. The van der Waals surface area contributed by atoms with E-state index in [0.29, 0.717) is 16.5 Å². The van der Waals surface area contributed by atoms with Crippen LogP contribution < -0.4 is 5.73 Å². The molecule has 0 radical (unpaired) electrons. The smallest absolute Gasteiger partial charge is 0.255 e. The van der Waals surface area contributed by atoms with Crippen molar-refractivity contribution in [3.63, 3.8) is 0 Å². The van der Waals surface area contributed by atoms with Crippen LogP contribution in [-0.4, -0.2) is 29.9 Å². The van der Waals surface area contributed by atoms with Crippen LogP contribution in [0.2, 0.25) is 5.02 Å². The molecule has 5 heteroatoms. The molecule has 1 aromatic rings. The van der Waals surface area contributed by atoms with Crippen LogP contribution in [-0.2, 0) is 0 Å². The number of benzene rings is 1. The van der Waals surface area contributed by atoms with Crippen LogP contribution in [0.15, 0.2) is 24.3 Å². The molecule has 106 valence electrons. The summed E-state index contributed by atoms with van der Waals surface area (Å²) in [6.07, 6.45) is 2.12. The summed E-state index contributed by atoms with van der Waals surface area (Å²) in [5.74, 6) is 0.413. The lowest BCUT2D eigenvalue weighted by atomic mass is 9.92. The van der Waals surface area contributed by atoms with Gasteiger partial charge in [-0.3, -0.25) is 4.79 Å². The number of hydrogen-bond acceptors (Lipinski definition) is 2. The molecule has 0 spiro atoms. The highest BCUT2D eigenvalue weighted by Gasteiger charge is 2.27. The minimum Gasteiger partial charge on any atom is -0.338 e. The van der Waals surface area contributed by atoms with Crippen molar-refractivity contribution >= 4 is 29.9 Å². The average Bonchev–Trinajstić information content (AvgIpc) is 2.38. The monoisotopic (exact) mass is 302 g/mol. The molecule has 2 N–H and O–H groups in total. The lowest BCUT2D eigenvalue weighted by Crippen LogP contribution is -2.45. The standard InChI is InChI=1S/C14H19ClN2O.ClH/c1-10(16)11-5-4-8-17(9-11)14(18)12-6-2-3-7-13(12)15;/h2-3,6-7,10-11H,4-5,8-9,16H2,1H3;1H. The highest BCUT2D eigenvalue weighted by atomic mass is 35.5. The van der Waals surface area contributed by atoms with Gasteiger partial charge < -0.3 is 10.6 Å². The SMILES string of the molecule is CC(N)C1CCCN(C(=O)c2ccccc2Cl)C1.Cl. The largest absolute Gasteiger partial charge is 0.338 e. The molecule has 1 aliphatic heterocycles. The van der Waals surface area contributed by atoms with Crippen LogP contribution in [0.25, 0.3) is 0 Å². The zero-order valence-electron chi connectivity index (χ0n) is 11.0. The van der Waals surface area contributed by atoms with E-state index in [1.54, 1.807) is 12.1 Å². The summed E-state index contributed by atoms with van der Waals surface area (Å²) < 4.78 is 0. The first-order chi connectivity index (χ1) is 8.59. The summed E-state index contributed by atoms with van der Waals surface area (Å²) in [6.45, 7) is 3.54. The maximum absolute atomic E-state index is 12.4. The Bertz CT molecular complexity index is 437. The van der Waals surface area contributed by atoms with Gasteiger partial charge in [-0.2, -0.15) is 0 Å². The van der Waals surface area contributed by atoms with Gasteiger partial charge in [0.15, 0.2) is 0 Å². The number of piperidine rings is 1. The maximum Gasteiger partial charge on any atom is 0.255 e. The number of likely N-dealkylation sites (tertiary alicyclic amines) is 1. The second-order valence-electron chi connectivity index (χ2n) is 4.99. The van der Waals surface area contributed by atoms with E-state index in [4.69, 9.17) is 17.3 Å². The third-order valence-corrected chi connectivity index (χ3v) is 3.92. The first-order valence-electron chi connectivity index (χ1n) is 6.39. The fourth-order valence-corrected chi connectivity index (χ4v) is 2.65. The van der Waals surface area contributed by atoms with Crippen LogP contribution in [0.5, 0.6) is 0 Å². The van der Waals surface area contributed by atoms with Gasteiger partial charge in [-0.15, -0.1) is 12.4 Å². The summed E-state index contributed by atoms with van der Waals surface area (Å²) >= 11 is 6.07. The van der Waals surface area contributed by atoms with Crippen LogP contribution in [0.3, 0.4) is 0 Å². The van der Waals surface area contributed by atoms with E-state index >= 15 is 0 Å². The molecule has 3 nitrogen and oxygen atoms in total. The molecule has 1 amide bonds. The van der Waals surface area contributed by atoms with Gasteiger partial charge in [0.25, 0.3) is 5.91 Å². The van der Waals surface area contributed by atoms with Gasteiger partial charge in [-0.25, -0.2) is 0 Å². The first-order valence-corrected chi connectivity index (χ1v) is 6.76. The number of rotatable bonds is 2. The van der Waals surface area contributed by atoms with E-state index in [2.05, 4.69) is 0 Å². The van der Waals surface area contributed by atoms with Crippen molar-refractivity contribution in [2.45, 2.75) is 25.8 Å². The lowest BCUT2D eigenvalue weighted by Gasteiger charge is -2.34. The zero-order chi connectivity index (χ0) is 13.1. The molecule has 0 bridgehead atoms.